The fourth-order valence-electron chi connectivity index (χ4n) is 1.44. The lowest BCUT2D eigenvalue weighted by atomic mass is 10.2. The lowest BCUT2D eigenvalue weighted by Gasteiger charge is -2.13. The topological polar surface area (TPSA) is 128 Å². The predicted molar refractivity (Wildman–Crippen MR) is 81.5 cm³/mol. The van der Waals surface area contributed by atoms with E-state index in [0.29, 0.717) is 10.6 Å². The van der Waals surface area contributed by atoms with Crippen LogP contribution in [0.1, 0.15) is 17.3 Å². The second-order valence-corrected chi connectivity index (χ2v) is 4.99. The maximum absolute atomic E-state index is 11.9. The fraction of sp³-hybridized carbons (Fsp3) is 0.286. The van der Waals surface area contributed by atoms with Crippen LogP contribution in [0.4, 0.5) is 0 Å². The van der Waals surface area contributed by atoms with Crippen molar-refractivity contribution in [2.75, 3.05) is 13.2 Å². The molecule has 0 saturated carbocycles. The molecule has 124 valence electrons. The molecule has 3 amide bonds. The lowest BCUT2D eigenvalue weighted by molar-refractivity contribution is -0.150. The van der Waals surface area contributed by atoms with Crippen LogP contribution in [0.5, 0.6) is 0 Å². The molecule has 1 atom stereocenters. The first kappa shape index (κ1) is 18.4. The van der Waals surface area contributed by atoms with Crippen LogP contribution in [-0.4, -0.2) is 42.9 Å². The minimum absolute atomic E-state index is 0.327. The van der Waals surface area contributed by atoms with Crippen LogP contribution in [0.15, 0.2) is 24.3 Å². The van der Waals surface area contributed by atoms with Crippen LogP contribution in [-0.2, 0) is 19.1 Å². The monoisotopic (exact) mass is 341 g/mol. The molecule has 1 aromatic rings. The number of esters is 1. The van der Waals surface area contributed by atoms with Crippen LogP contribution in [0, 0.1) is 0 Å². The van der Waals surface area contributed by atoms with Crippen LogP contribution < -0.4 is 16.4 Å². The highest BCUT2D eigenvalue weighted by atomic mass is 35.5. The van der Waals surface area contributed by atoms with Crippen LogP contribution in [0.25, 0.3) is 0 Å². The van der Waals surface area contributed by atoms with E-state index < -0.39 is 36.3 Å². The predicted octanol–water partition coefficient (Wildman–Crippen LogP) is -0.397. The van der Waals surface area contributed by atoms with E-state index >= 15 is 0 Å². The molecule has 23 heavy (non-hydrogen) atoms. The molecule has 8 nitrogen and oxygen atoms in total. The van der Waals surface area contributed by atoms with Crippen LogP contribution >= 0.6 is 11.6 Å². The maximum Gasteiger partial charge on any atom is 0.328 e. The van der Waals surface area contributed by atoms with Gasteiger partial charge >= 0.3 is 5.97 Å². The minimum atomic E-state index is -0.956. The SMILES string of the molecule is C[C@H](NC(=O)c1ccc(Cl)cc1)C(=O)OCC(=O)NCC(N)=O. The summed E-state index contributed by atoms with van der Waals surface area (Å²) >= 11 is 5.72. The molecular weight excluding hydrogens is 326 g/mol. The Hall–Kier alpha value is -2.61. The molecule has 0 unspecified atom stereocenters. The minimum Gasteiger partial charge on any atom is -0.454 e. The van der Waals surface area contributed by atoms with E-state index in [-0.39, 0.29) is 6.54 Å². The van der Waals surface area contributed by atoms with E-state index in [1.807, 2.05) is 0 Å². The van der Waals surface area contributed by atoms with Crippen molar-refractivity contribution in [3.05, 3.63) is 34.9 Å². The maximum atomic E-state index is 11.9. The van der Waals surface area contributed by atoms with Gasteiger partial charge in [0.2, 0.25) is 5.91 Å². The van der Waals surface area contributed by atoms with Gasteiger partial charge in [-0.25, -0.2) is 4.79 Å². The van der Waals surface area contributed by atoms with Gasteiger partial charge in [-0.2, -0.15) is 0 Å². The number of amides is 3. The van der Waals surface area contributed by atoms with E-state index in [1.54, 1.807) is 12.1 Å². The molecule has 0 saturated heterocycles. The highest BCUT2D eigenvalue weighted by Gasteiger charge is 2.19. The third-order valence-corrected chi connectivity index (χ3v) is 2.86. The zero-order chi connectivity index (χ0) is 17.4. The molecule has 0 aromatic heterocycles. The summed E-state index contributed by atoms with van der Waals surface area (Å²) in [6, 6.07) is 5.15. The molecule has 0 aliphatic rings. The van der Waals surface area contributed by atoms with Crippen LogP contribution in [0.2, 0.25) is 5.02 Å². The highest BCUT2D eigenvalue weighted by molar-refractivity contribution is 6.30. The number of ether oxygens (including phenoxy) is 1. The van der Waals surface area contributed by atoms with Gasteiger partial charge in [-0.05, 0) is 31.2 Å². The Morgan fingerprint density at radius 3 is 2.39 bits per heavy atom. The number of hydrogen-bond acceptors (Lipinski definition) is 5. The summed E-state index contributed by atoms with van der Waals surface area (Å²) in [5.74, 6) is -2.66. The summed E-state index contributed by atoms with van der Waals surface area (Å²) in [5.41, 5.74) is 5.17. The highest BCUT2D eigenvalue weighted by Crippen LogP contribution is 2.09. The van der Waals surface area contributed by atoms with Crippen molar-refractivity contribution in [1.29, 1.82) is 0 Å². The van der Waals surface area contributed by atoms with Crippen molar-refractivity contribution in [3.63, 3.8) is 0 Å². The van der Waals surface area contributed by atoms with Gasteiger partial charge in [0.15, 0.2) is 6.61 Å². The molecule has 4 N–H and O–H groups in total. The molecule has 0 aliphatic heterocycles. The molecule has 0 heterocycles. The number of rotatable bonds is 7. The number of halogens is 1. The standard InChI is InChI=1S/C14H16ClN3O5/c1-8(14(22)23-7-12(20)17-6-11(16)19)18-13(21)9-2-4-10(15)5-3-9/h2-5,8H,6-7H2,1H3,(H2,16,19)(H,17,20)(H,18,21)/t8-/m0/s1. The summed E-state index contributed by atoms with van der Waals surface area (Å²) in [6.07, 6.45) is 0. The molecule has 0 aliphatic carbocycles. The average Bonchev–Trinajstić information content (AvgIpc) is 2.50. The van der Waals surface area contributed by atoms with E-state index in [2.05, 4.69) is 10.6 Å². The normalized spacial score (nSPS) is 11.2. The first-order valence-electron chi connectivity index (χ1n) is 6.57. The van der Waals surface area contributed by atoms with Crippen molar-refractivity contribution < 1.29 is 23.9 Å². The third kappa shape index (κ3) is 6.79. The number of hydrogen-bond donors (Lipinski definition) is 3. The van der Waals surface area contributed by atoms with Gasteiger partial charge in [0, 0.05) is 10.6 Å². The Kier molecular flexibility index (Phi) is 7.01. The van der Waals surface area contributed by atoms with Gasteiger partial charge < -0.3 is 21.1 Å². The number of carbonyl (C=O) groups is 4. The average molecular weight is 342 g/mol. The molecule has 1 aromatic carbocycles. The van der Waals surface area contributed by atoms with Gasteiger partial charge in [0.25, 0.3) is 11.8 Å². The number of primary amides is 1. The number of nitrogens with two attached hydrogens (primary N) is 1. The summed E-state index contributed by atoms with van der Waals surface area (Å²) in [4.78, 5) is 45.3. The largest absolute Gasteiger partial charge is 0.454 e. The molecular formula is C14H16ClN3O5. The van der Waals surface area contributed by atoms with Gasteiger partial charge in [-0.1, -0.05) is 11.6 Å². The van der Waals surface area contributed by atoms with Crippen molar-refractivity contribution in [3.8, 4) is 0 Å². The molecule has 0 spiro atoms. The molecule has 0 radical (unpaired) electrons. The molecule has 9 heteroatoms. The number of nitrogens with one attached hydrogen (secondary N) is 2. The van der Waals surface area contributed by atoms with E-state index in [1.165, 1.54) is 19.1 Å². The first-order valence-corrected chi connectivity index (χ1v) is 6.95. The van der Waals surface area contributed by atoms with Gasteiger partial charge in [-0.15, -0.1) is 0 Å². The summed E-state index contributed by atoms with van der Waals surface area (Å²) in [6.45, 7) is 0.490. The lowest BCUT2D eigenvalue weighted by Crippen LogP contribution is -2.41. The summed E-state index contributed by atoms with van der Waals surface area (Å²) < 4.78 is 4.71. The van der Waals surface area contributed by atoms with E-state index in [4.69, 9.17) is 22.1 Å². The zero-order valence-corrected chi connectivity index (χ0v) is 13.1. The van der Waals surface area contributed by atoms with Crippen molar-refractivity contribution in [2.45, 2.75) is 13.0 Å². The Morgan fingerprint density at radius 1 is 1.22 bits per heavy atom. The smallest absolute Gasteiger partial charge is 0.328 e. The molecule has 0 fully saturated rings. The summed E-state index contributed by atoms with van der Waals surface area (Å²) in [7, 11) is 0. The second kappa shape index (κ2) is 8.74. The Labute approximate surface area is 137 Å². The van der Waals surface area contributed by atoms with Crippen molar-refractivity contribution in [1.82, 2.24) is 10.6 Å². The van der Waals surface area contributed by atoms with Crippen molar-refractivity contribution in [2.24, 2.45) is 5.73 Å². The van der Waals surface area contributed by atoms with E-state index in [9.17, 15) is 19.2 Å². The molecule has 1 rings (SSSR count). The van der Waals surface area contributed by atoms with Gasteiger partial charge in [-0.3, -0.25) is 14.4 Å². The van der Waals surface area contributed by atoms with Crippen molar-refractivity contribution >= 4 is 35.3 Å². The quantitative estimate of drug-likeness (QED) is 0.581. The number of benzene rings is 1. The Balaban J connectivity index is 2.41. The number of carbonyl (C=O) groups excluding carboxylic acids is 4. The zero-order valence-electron chi connectivity index (χ0n) is 12.3. The van der Waals surface area contributed by atoms with Crippen LogP contribution in [0.3, 0.4) is 0 Å². The second-order valence-electron chi connectivity index (χ2n) is 4.55. The third-order valence-electron chi connectivity index (χ3n) is 2.61. The Morgan fingerprint density at radius 2 is 1.83 bits per heavy atom. The van der Waals surface area contributed by atoms with Gasteiger partial charge in [0.05, 0.1) is 6.54 Å². The Bertz CT molecular complexity index is 603. The fourth-order valence-corrected chi connectivity index (χ4v) is 1.56. The van der Waals surface area contributed by atoms with E-state index in [0.717, 1.165) is 0 Å². The molecule has 0 bridgehead atoms. The summed E-state index contributed by atoms with van der Waals surface area (Å²) in [5, 5.41) is 5.07. The van der Waals surface area contributed by atoms with Gasteiger partial charge in [0.1, 0.15) is 6.04 Å². The first-order chi connectivity index (χ1) is 10.8.